The normalized spacial score (nSPS) is 27.2. The van der Waals surface area contributed by atoms with Crippen molar-refractivity contribution in [2.75, 3.05) is 24.9 Å². The maximum atomic E-state index is 5.53. The molecular formula is C22H26N2O2. The molecule has 3 aliphatic rings. The van der Waals surface area contributed by atoms with Gasteiger partial charge in [0.1, 0.15) is 11.5 Å². The Morgan fingerprint density at radius 2 is 1.69 bits per heavy atom. The van der Waals surface area contributed by atoms with Gasteiger partial charge in [-0.3, -0.25) is 0 Å². The van der Waals surface area contributed by atoms with Crippen LogP contribution in [-0.2, 0) is 5.54 Å². The lowest BCUT2D eigenvalue weighted by Gasteiger charge is -2.66. The fourth-order valence-corrected chi connectivity index (χ4v) is 5.31. The van der Waals surface area contributed by atoms with Crippen LogP contribution < -0.4 is 20.1 Å². The largest absolute Gasteiger partial charge is 0.497 e. The molecule has 2 atom stereocenters. The molecule has 136 valence electrons. The number of benzene rings is 2. The number of hydrogen-bond donors (Lipinski definition) is 2. The van der Waals surface area contributed by atoms with Crippen LogP contribution in [0.4, 0.5) is 11.4 Å². The Kier molecular flexibility index (Phi) is 3.40. The lowest BCUT2D eigenvalue weighted by Crippen LogP contribution is -2.68. The van der Waals surface area contributed by atoms with Crippen LogP contribution in [0, 0.1) is 5.92 Å². The van der Waals surface area contributed by atoms with Gasteiger partial charge in [-0.2, -0.15) is 0 Å². The van der Waals surface area contributed by atoms with E-state index in [1.807, 2.05) is 12.1 Å². The summed E-state index contributed by atoms with van der Waals surface area (Å²) in [6, 6.07) is 14.8. The number of ether oxygens (including phenoxy) is 2. The van der Waals surface area contributed by atoms with E-state index in [1.165, 1.54) is 36.9 Å². The molecule has 2 unspecified atom stereocenters. The van der Waals surface area contributed by atoms with E-state index < -0.39 is 0 Å². The Morgan fingerprint density at radius 3 is 2.27 bits per heavy atom. The summed E-state index contributed by atoms with van der Waals surface area (Å²) < 4.78 is 10.8. The number of fused-ring (bicyclic) bond motifs is 4. The van der Waals surface area contributed by atoms with E-state index in [1.54, 1.807) is 14.2 Å². The van der Waals surface area contributed by atoms with Gasteiger partial charge in [-0.1, -0.05) is 0 Å². The van der Waals surface area contributed by atoms with Crippen molar-refractivity contribution in [3.8, 4) is 11.5 Å². The van der Waals surface area contributed by atoms with E-state index >= 15 is 0 Å². The molecule has 1 aliphatic heterocycles. The summed E-state index contributed by atoms with van der Waals surface area (Å²) in [5.41, 5.74) is 4.02. The molecule has 2 saturated carbocycles. The van der Waals surface area contributed by atoms with Gasteiger partial charge in [-0.25, -0.2) is 0 Å². The van der Waals surface area contributed by atoms with Gasteiger partial charge in [0, 0.05) is 28.4 Å². The summed E-state index contributed by atoms with van der Waals surface area (Å²) >= 11 is 0. The molecule has 4 heteroatoms. The van der Waals surface area contributed by atoms with E-state index in [0.29, 0.717) is 5.92 Å². The minimum atomic E-state index is -0.00979. The van der Waals surface area contributed by atoms with Crippen LogP contribution in [0.25, 0.3) is 0 Å². The molecule has 26 heavy (non-hydrogen) atoms. The van der Waals surface area contributed by atoms with Gasteiger partial charge in [-0.15, -0.1) is 0 Å². The minimum absolute atomic E-state index is 0.00979. The third kappa shape index (κ3) is 2.08. The van der Waals surface area contributed by atoms with Gasteiger partial charge < -0.3 is 20.1 Å². The van der Waals surface area contributed by atoms with Crippen molar-refractivity contribution in [3.05, 3.63) is 48.0 Å². The molecule has 2 aromatic rings. The van der Waals surface area contributed by atoms with Crippen molar-refractivity contribution >= 4 is 11.4 Å². The number of methoxy groups -OCH3 is 2. The topological polar surface area (TPSA) is 42.5 Å². The van der Waals surface area contributed by atoms with Crippen LogP contribution >= 0.6 is 0 Å². The second kappa shape index (κ2) is 5.57. The van der Waals surface area contributed by atoms with Crippen molar-refractivity contribution < 1.29 is 9.47 Å². The summed E-state index contributed by atoms with van der Waals surface area (Å²) in [6.45, 7) is 0. The third-order valence-electron chi connectivity index (χ3n) is 6.88. The SMILES string of the molecule is COc1ccc(NC23CCC2C2(CCC2)Nc2ccc(OC)cc23)cc1. The highest BCUT2D eigenvalue weighted by Crippen LogP contribution is 2.63. The van der Waals surface area contributed by atoms with Gasteiger partial charge in [0.2, 0.25) is 0 Å². The Balaban J connectivity index is 1.58. The summed E-state index contributed by atoms with van der Waals surface area (Å²) in [4.78, 5) is 0. The molecule has 0 saturated heterocycles. The summed E-state index contributed by atoms with van der Waals surface area (Å²) in [5, 5.41) is 7.83. The molecule has 2 aliphatic carbocycles. The first-order valence-electron chi connectivity index (χ1n) is 9.58. The zero-order valence-corrected chi connectivity index (χ0v) is 15.5. The standard InChI is InChI=1S/C22H26N2O2/c1-25-16-6-4-15(5-7-16)23-22-13-10-20(22)21(11-3-12-21)24-19-9-8-17(26-2)14-18(19)22/h4-9,14,20,23-24H,3,10-13H2,1-2H3. The highest BCUT2D eigenvalue weighted by atomic mass is 16.5. The second-order valence-corrected chi connectivity index (χ2v) is 7.96. The number of rotatable bonds is 4. The summed E-state index contributed by atoms with van der Waals surface area (Å²) in [6.07, 6.45) is 6.30. The predicted molar refractivity (Wildman–Crippen MR) is 104 cm³/mol. The first kappa shape index (κ1) is 15.9. The highest BCUT2D eigenvalue weighted by Gasteiger charge is 2.63. The summed E-state index contributed by atoms with van der Waals surface area (Å²) in [5.74, 6) is 2.43. The lowest BCUT2D eigenvalue weighted by molar-refractivity contribution is 0.0195. The van der Waals surface area contributed by atoms with Crippen LogP contribution in [0.15, 0.2) is 42.5 Å². The first-order valence-corrected chi connectivity index (χ1v) is 9.58. The average molecular weight is 350 g/mol. The zero-order chi connectivity index (χ0) is 17.8. The average Bonchev–Trinajstić information content (AvgIpc) is 2.63. The van der Waals surface area contributed by atoms with Crippen LogP contribution in [0.5, 0.6) is 11.5 Å². The minimum Gasteiger partial charge on any atom is -0.497 e. The van der Waals surface area contributed by atoms with Crippen LogP contribution in [0.1, 0.15) is 37.7 Å². The molecule has 5 rings (SSSR count). The van der Waals surface area contributed by atoms with E-state index in [0.717, 1.165) is 23.6 Å². The highest BCUT2D eigenvalue weighted by molar-refractivity contribution is 5.67. The zero-order valence-electron chi connectivity index (χ0n) is 15.5. The van der Waals surface area contributed by atoms with Gasteiger partial charge in [0.15, 0.2) is 0 Å². The molecular weight excluding hydrogens is 324 g/mol. The van der Waals surface area contributed by atoms with E-state index in [9.17, 15) is 0 Å². The number of nitrogens with one attached hydrogen (secondary N) is 2. The van der Waals surface area contributed by atoms with Gasteiger partial charge in [-0.05, 0) is 74.6 Å². The van der Waals surface area contributed by atoms with E-state index in [4.69, 9.17) is 9.47 Å². The number of anilines is 2. The van der Waals surface area contributed by atoms with Crippen molar-refractivity contribution in [2.45, 2.75) is 43.2 Å². The van der Waals surface area contributed by atoms with E-state index in [2.05, 4.69) is 41.0 Å². The van der Waals surface area contributed by atoms with Crippen molar-refractivity contribution in [1.29, 1.82) is 0 Å². The van der Waals surface area contributed by atoms with Crippen molar-refractivity contribution in [2.24, 2.45) is 5.92 Å². The van der Waals surface area contributed by atoms with Gasteiger partial charge in [0.05, 0.1) is 19.8 Å². The Labute approximate surface area is 154 Å². The maximum Gasteiger partial charge on any atom is 0.119 e. The fraction of sp³-hybridized carbons (Fsp3) is 0.455. The number of hydrogen-bond acceptors (Lipinski definition) is 4. The fourth-order valence-electron chi connectivity index (χ4n) is 5.31. The quantitative estimate of drug-likeness (QED) is 0.833. The summed E-state index contributed by atoms with van der Waals surface area (Å²) in [7, 11) is 3.45. The van der Waals surface area contributed by atoms with Gasteiger partial charge >= 0.3 is 0 Å². The Morgan fingerprint density at radius 1 is 0.962 bits per heavy atom. The molecule has 2 N–H and O–H groups in total. The van der Waals surface area contributed by atoms with Crippen LogP contribution in [0.3, 0.4) is 0 Å². The second-order valence-electron chi connectivity index (χ2n) is 7.96. The molecule has 4 nitrogen and oxygen atoms in total. The van der Waals surface area contributed by atoms with Crippen LogP contribution in [-0.4, -0.2) is 19.8 Å². The van der Waals surface area contributed by atoms with Gasteiger partial charge in [0.25, 0.3) is 0 Å². The molecule has 1 spiro atoms. The first-order chi connectivity index (χ1) is 12.7. The molecule has 1 heterocycles. The maximum absolute atomic E-state index is 5.53. The Hall–Kier alpha value is -2.36. The van der Waals surface area contributed by atoms with Crippen molar-refractivity contribution in [1.82, 2.24) is 0 Å². The molecule has 2 fully saturated rings. The Bertz CT molecular complexity index is 829. The molecule has 0 amide bonds. The smallest absolute Gasteiger partial charge is 0.119 e. The predicted octanol–water partition coefficient (Wildman–Crippen LogP) is 4.77. The van der Waals surface area contributed by atoms with Crippen molar-refractivity contribution in [3.63, 3.8) is 0 Å². The molecule has 2 aromatic carbocycles. The monoisotopic (exact) mass is 350 g/mol. The molecule has 0 radical (unpaired) electrons. The molecule has 0 aromatic heterocycles. The van der Waals surface area contributed by atoms with Crippen LogP contribution in [0.2, 0.25) is 0 Å². The van der Waals surface area contributed by atoms with E-state index in [-0.39, 0.29) is 11.1 Å². The lowest BCUT2D eigenvalue weighted by atomic mass is 9.48. The third-order valence-corrected chi connectivity index (χ3v) is 6.88. The molecule has 0 bridgehead atoms.